The molecule has 0 saturated carbocycles. The molecule has 0 aliphatic rings. The number of benzene rings is 2. The Morgan fingerprint density at radius 2 is 1.76 bits per heavy atom. The van der Waals surface area contributed by atoms with E-state index < -0.39 is 5.97 Å². The molecule has 2 rings (SSSR count). The Labute approximate surface area is 136 Å². The normalized spacial score (nSPS) is 10.2. The van der Waals surface area contributed by atoms with Crippen LogP contribution >= 0.6 is 22.6 Å². The molecule has 0 unspecified atom stereocenters. The van der Waals surface area contributed by atoms with Gasteiger partial charge in [0, 0.05) is 14.8 Å². The summed E-state index contributed by atoms with van der Waals surface area (Å²) in [6.07, 6.45) is 0. The zero-order valence-electron chi connectivity index (χ0n) is 11.6. The molecule has 5 heteroatoms. The minimum absolute atomic E-state index is 0.175. The number of carboxylic acids is 1. The van der Waals surface area contributed by atoms with Crippen molar-refractivity contribution in [3.05, 3.63) is 62.2 Å². The van der Waals surface area contributed by atoms with E-state index >= 15 is 0 Å². The van der Waals surface area contributed by atoms with Gasteiger partial charge in [-0.15, -0.1) is 0 Å². The van der Waals surface area contributed by atoms with Crippen LogP contribution in [0.4, 0.5) is 5.69 Å². The number of carboxylic acid groups (broad SMARTS) is 1. The van der Waals surface area contributed by atoms with Gasteiger partial charge in [-0.25, -0.2) is 4.79 Å². The highest BCUT2D eigenvalue weighted by atomic mass is 127. The lowest BCUT2D eigenvalue weighted by molar-refractivity contribution is 0.0695. The number of hydrogen-bond acceptors (Lipinski definition) is 2. The summed E-state index contributed by atoms with van der Waals surface area (Å²) in [5.41, 5.74) is 3.35. The van der Waals surface area contributed by atoms with Crippen LogP contribution in [0.3, 0.4) is 0 Å². The molecular formula is C16H14INO3. The molecule has 0 aromatic heterocycles. The van der Waals surface area contributed by atoms with E-state index in [4.69, 9.17) is 5.11 Å². The monoisotopic (exact) mass is 395 g/mol. The van der Waals surface area contributed by atoms with Crippen molar-refractivity contribution in [3.63, 3.8) is 0 Å². The van der Waals surface area contributed by atoms with Gasteiger partial charge >= 0.3 is 5.97 Å². The maximum atomic E-state index is 12.2. The van der Waals surface area contributed by atoms with Gasteiger partial charge in [0.05, 0.1) is 5.56 Å². The third-order valence-corrected chi connectivity index (χ3v) is 4.16. The lowest BCUT2D eigenvalue weighted by Crippen LogP contribution is -2.13. The number of nitrogens with one attached hydrogen (secondary N) is 1. The van der Waals surface area contributed by atoms with Crippen molar-refractivity contribution in [2.24, 2.45) is 0 Å². The lowest BCUT2D eigenvalue weighted by Gasteiger charge is -2.08. The first kappa shape index (κ1) is 15.5. The number of anilines is 1. The molecule has 0 bridgehead atoms. The van der Waals surface area contributed by atoms with Gasteiger partial charge < -0.3 is 10.4 Å². The quantitative estimate of drug-likeness (QED) is 0.776. The van der Waals surface area contributed by atoms with Crippen molar-refractivity contribution in [2.45, 2.75) is 13.8 Å². The summed E-state index contributed by atoms with van der Waals surface area (Å²) in [4.78, 5) is 23.3. The molecule has 0 aliphatic heterocycles. The predicted molar refractivity (Wildman–Crippen MR) is 90.0 cm³/mol. The molecule has 108 valence electrons. The van der Waals surface area contributed by atoms with Crippen molar-refractivity contribution >= 4 is 40.2 Å². The number of carbonyl (C=O) groups is 2. The Morgan fingerprint density at radius 3 is 2.38 bits per heavy atom. The molecule has 0 aliphatic carbocycles. The van der Waals surface area contributed by atoms with E-state index in [2.05, 4.69) is 5.32 Å². The minimum atomic E-state index is -1.01. The molecule has 0 heterocycles. The van der Waals surface area contributed by atoms with Crippen LogP contribution in [0.25, 0.3) is 0 Å². The fourth-order valence-electron chi connectivity index (χ4n) is 1.85. The van der Waals surface area contributed by atoms with Gasteiger partial charge in [0.1, 0.15) is 0 Å². The molecule has 0 radical (unpaired) electrons. The molecule has 0 fully saturated rings. The molecule has 2 N–H and O–H groups in total. The number of halogens is 1. The molecule has 2 aromatic rings. The number of amides is 1. The van der Waals surface area contributed by atoms with Gasteiger partial charge in [-0.05, 0) is 77.9 Å². The Balaban J connectivity index is 2.25. The van der Waals surface area contributed by atoms with Crippen LogP contribution in [0.2, 0.25) is 0 Å². The third-order valence-electron chi connectivity index (χ3n) is 3.22. The number of carbonyl (C=O) groups excluding carboxylic acids is 1. The van der Waals surface area contributed by atoms with Crippen LogP contribution in [0.5, 0.6) is 0 Å². The maximum absolute atomic E-state index is 12.2. The molecule has 4 nitrogen and oxygen atoms in total. The third kappa shape index (κ3) is 3.60. The Bertz CT molecular complexity index is 725. The molecule has 21 heavy (non-hydrogen) atoms. The smallest absolute Gasteiger partial charge is 0.336 e. The maximum Gasteiger partial charge on any atom is 0.336 e. The highest BCUT2D eigenvalue weighted by Crippen LogP contribution is 2.19. The molecule has 0 saturated heterocycles. The number of rotatable bonds is 3. The van der Waals surface area contributed by atoms with Crippen LogP contribution in [-0.4, -0.2) is 17.0 Å². The number of aryl methyl sites for hydroxylation is 2. The number of hydrogen-bond donors (Lipinski definition) is 2. The van der Waals surface area contributed by atoms with Gasteiger partial charge in [0.25, 0.3) is 5.91 Å². The summed E-state index contributed by atoms with van der Waals surface area (Å²) in [7, 11) is 0. The van der Waals surface area contributed by atoms with E-state index in [1.807, 2.05) is 48.6 Å². The summed E-state index contributed by atoms with van der Waals surface area (Å²) in [6.45, 7) is 3.93. The zero-order chi connectivity index (χ0) is 15.6. The predicted octanol–water partition coefficient (Wildman–Crippen LogP) is 3.86. The second-order valence-corrected chi connectivity index (χ2v) is 5.92. The Hall–Kier alpha value is -1.89. The zero-order valence-corrected chi connectivity index (χ0v) is 13.8. The van der Waals surface area contributed by atoms with E-state index in [1.165, 1.54) is 6.07 Å². The Morgan fingerprint density at radius 1 is 1.05 bits per heavy atom. The fraction of sp³-hybridized carbons (Fsp3) is 0.125. The summed E-state index contributed by atoms with van der Waals surface area (Å²) in [6, 6.07) is 10.3. The van der Waals surface area contributed by atoms with Gasteiger partial charge in [0.15, 0.2) is 0 Å². The number of aromatic carboxylic acids is 1. The standard InChI is InChI=1S/C16H14INO3/c1-9-3-4-11(7-10(9)2)15(19)18-12-5-6-14(17)13(8-12)16(20)21/h3-8H,1-2H3,(H,18,19)(H,20,21). The van der Waals surface area contributed by atoms with Crippen LogP contribution in [0.15, 0.2) is 36.4 Å². The second kappa shape index (κ2) is 6.26. The lowest BCUT2D eigenvalue weighted by atomic mass is 10.1. The van der Waals surface area contributed by atoms with Crippen molar-refractivity contribution in [1.29, 1.82) is 0 Å². The van der Waals surface area contributed by atoms with Crippen molar-refractivity contribution in [3.8, 4) is 0 Å². The molecule has 1 amide bonds. The molecule has 0 spiro atoms. The first-order valence-corrected chi connectivity index (χ1v) is 7.38. The van der Waals surface area contributed by atoms with E-state index in [0.29, 0.717) is 14.8 Å². The van der Waals surface area contributed by atoms with Crippen LogP contribution in [0.1, 0.15) is 31.8 Å². The summed E-state index contributed by atoms with van der Waals surface area (Å²) >= 11 is 1.95. The average molecular weight is 395 g/mol. The van der Waals surface area contributed by atoms with Crippen molar-refractivity contribution in [2.75, 3.05) is 5.32 Å². The molecule has 0 atom stereocenters. The van der Waals surface area contributed by atoms with E-state index in [9.17, 15) is 9.59 Å². The topological polar surface area (TPSA) is 66.4 Å². The van der Waals surface area contributed by atoms with E-state index in [0.717, 1.165) is 11.1 Å². The highest BCUT2D eigenvalue weighted by Gasteiger charge is 2.12. The van der Waals surface area contributed by atoms with Crippen molar-refractivity contribution in [1.82, 2.24) is 0 Å². The van der Waals surface area contributed by atoms with Crippen LogP contribution in [0, 0.1) is 17.4 Å². The van der Waals surface area contributed by atoms with E-state index in [1.54, 1.807) is 18.2 Å². The first-order valence-electron chi connectivity index (χ1n) is 6.30. The summed E-state index contributed by atoms with van der Waals surface area (Å²) < 4.78 is 0.629. The highest BCUT2D eigenvalue weighted by molar-refractivity contribution is 14.1. The van der Waals surface area contributed by atoms with Crippen molar-refractivity contribution < 1.29 is 14.7 Å². The first-order chi connectivity index (χ1) is 9.88. The second-order valence-electron chi connectivity index (χ2n) is 4.75. The fourth-order valence-corrected chi connectivity index (χ4v) is 2.42. The van der Waals surface area contributed by atoms with Gasteiger partial charge in [-0.2, -0.15) is 0 Å². The van der Waals surface area contributed by atoms with Gasteiger partial charge in [-0.1, -0.05) is 6.07 Å². The Kier molecular flexibility index (Phi) is 4.62. The van der Waals surface area contributed by atoms with Gasteiger partial charge in [0.2, 0.25) is 0 Å². The van der Waals surface area contributed by atoms with Gasteiger partial charge in [-0.3, -0.25) is 4.79 Å². The largest absolute Gasteiger partial charge is 0.478 e. The molecular weight excluding hydrogens is 381 g/mol. The minimum Gasteiger partial charge on any atom is -0.478 e. The molecule has 2 aromatic carbocycles. The van der Waals surface area contributed by atoms with E-state index in [-0.39, 0.29) is 11.5 Å². The van der Waals surface area contributed by atoms with Crippen LogP contribution in [-0.2, 0) is 0 Å². The SMILES string of the molecule is Cc1ccc(C(=O)Nc2ccc(I)c(C(=O)O)c2)cc1C. The summed E-state index contributed by atoms with van der Waals surface area (Å²) in [5, 5.41) is 11.8. The average Bonchev–Trinajstić information content (AvgIpc) is 2.43. The summed E-state index contributed by atoms with van der Waals surface area (Å²) in [5.74, 6) is -1.27. The van der Waals surface area contributed by atoms with Crippen LogP contribution < -0.4 is 5.32 Å².